The summed E-state index contributed by atoms with van der Waals surface area (Å²) < 4.78 is 43.1. The molecule has 1 unspecified atom stereocenters. The van der Waals surface area contributed by atoms with E-state index in [2.05, 4.69) is 20.1 Å². The summed E-state index contributed by atoms with van der Waals surface area (Å²) in [5, 5.41) is 7.51. The number of amides is 1. The second-order valence-corrected chi connectivity index (χ2v) is 9.95. The topological polar surface area (TPSA) is 126 Å². The van der Waals surface area contributed by atoms with E-state index >= 15 is 0 Å². The minimum absolute atomic E-state index is 0.0358. The zero-order valence-corrected chi connectivity index (χ0v) is 20.3. The quantitative estimate of drug-likeness (QED) is 0.377. The van der Waals surface area contributed by atoms with Crippen LogP contribution in [-0.2, 0) is 17.1 Å². The van der Waals surface area contributed by atoms with Gasteiger partial charge in [-0.3, -0.25) is 19.0 Å². The van der Waals surface area contributed by atoms with Crippen LogP contribution in [0.15, 0.2) is 58.2 Å². The fourth-order valence-electron chi connectivity index (χ4n) is 4.08. The Hall–Kier alpha value is -3.99. The number of rotatable bonds is 6. The molecule has 0 fully saturated rings. The van der Waals surface area contributed by atoms with Crippen LogP contribution in [0.4, 0.5) is 10.1 Å². The van der Waals surface area contributed by atoms with E-state index in [9.17, 15) is 22.4 Å². The van der Waals surface area contributed by atoms with Gasteiger partial charge in [-0.15, -0.1) is 0 Å². The van der Waals surface area contributed by atoms with Gasteiger partial charge in [-0.05, 0) is 63.2 Å². The lowest BCUT2D eigenvalue weighted by atomic mass is 10.0. The van der Waals surface area contributed by atoms with Crippen molar-refractivity contribution in [3.63, 3.8) is 0 Å². The van der Waals surface area contributed by atoms with Gasteiger partial charge < -0.3 is 10.3 Å². The number of benzene rings is 2. The normalized spacial score (nSPS) is 12.5. The molecule has 0 aliphatic heterocycles. The number of carbonyl (C=O) groups excluding carboxylic acids is 1. The molecule has 0 aliphatic carbocycles. The molecule has 1 amide bonds. The van der Waals surface area contributed by atoms with Crippen LogP contribution >= 0.6 is 0 Å². The molecule has 3 N–H and O–H groups in total. The summed E-state index contributed by atoms with van der Waals surface area (Å²) in [7, 11) is -2.24. The Labute approximate surface area is 201 Å². The maximum Gasteiger partial charge on any atom is 0.261 e. The predicted molar refractivity (Wildman–Crippen MR) is 130 cm³/mol. The zero-order valence-electron chi connectivity index (χ0n) is 19.5. The number of nitrogens with one attached hydrogen (secondary N) is 3. The fraction of sp³-hybridized carbons (Fsp3) is 0.208. The molecule has 0 bridgehead atoms. The van der Waals surface area contributed by atoms with Crippen molar-refractivity contribution in [2.45, 2.75) is 31.7 Å². The molecule has 11 heteroatoms. The van der Waals surface area contributed by atoms with Crippen LogP contribution in [0.1, 0.15) is 40.3 Å². The first-order chi connectivity index (χ1) is 16.5. The van der Waals surface area contributed by atoms with Gasteiger partial charge in [0.1, 0.15) is 5.82 Å². The molecular weight excluding hydrogens is 473 g/mol. The van der Waals surface area contributed by atoms with Gasteiger partial charge >= 0.3 is 0 Å². The smallest absolute Gasteiger partial charge is 0.261 e. The van der Waals surface area contributed by atoms with Crippen molar-refractivity contribution >= 4 is 32.5 Å². The Morgan fingerprint density at radius 2 is 1.80 bits per heavy atom. The van der Waals surface area contributed by atoms with E-state index in [1.807, 2.05) is 27.8 Å². The SMILES string of the molecule is Cc1nn(C)c(C)c1C(C)NC(=O)c1cc(=O)[nH]c2ccc(S(=O)(=O)Nc3ccc(F)cc3)cc12. The number of sulfonamides is 1. The van der Waals surface area contributed by atoms with E-state index < -0.39 is 33.3 Å². The fourth-order valence-corrected chi connectivity index (χ4v) is 5.17. The first-order valence-corrected chi connectivity index (χ1v) is 12.2. The first kappa shape index (κ1) is 24.1. The van der Waals surface area contributed by atoms with E-state index in [1.54, 1.807) is 4.68 Å². The van der Waals surface area contributed by atoms with Crippen molar-refractivity contribution < 1.29 is 17.6 Å². The second kappa shape index (κ2) is 8.99. The lowest BCUT2D eigenvalue weighted by molar-refractivity contribution is 0.0941. The van der Waals surface area contributed by atoms with Gasteiger partial charge in [0, 0.05) is 41.0 Å². The van der Waals surface area contributed by atoms with Crippen molar-refractivity contribution in [2.75, 3.05) is 4.72 Å². The predicted octanol–water partition coefficient (Wildman–Crippen LogP) is 3.31. The molecule has 182 valence electrons. The molecule has 1 atom stereocenters. The van der Waals surface area contributed by atoms with Crippen LogP contribution in [0.3, 0.4) is 0 Å². The number of pyridine rings is 1. The number of hydrogen-bond acceptors (Lipinski definition) is 5. The van der Waals surface area contributed by atoms with Crippen molar-refractivity contribution in [3.8, 4) is 0 Å². The number of carbonyl (C=O) groups is 1. The summed E-state index contributed by atoms with van der Waals surface area (Å²) in [4.78, 5) is 27.9. The Bertz CT molecular complexity index is 1610. The maximum atomic E-state index is 13.2. The highest BCUT2D eigenvalue weighted by Gasteiger charge is 2.22. The van der Waals surface area contributed by atoms with E-state index in [1.165, 1.54) is 30.3 Å². The minimum Gasteiger partial charge on any atom is -0.345 e. The van der Waals surface area contributed by atoms with Crippen molar-refractivity contribution in [2.24, 2.45) is 7.05 Å². The number of hydrogen-bond donors (Lipinski definition) is 3. The second-order valence-electron chi connectivity index (χ2n) is 8.27. The Balaban J connectivity index is 1.71. The molecule has 4 rings (SSSR count). The number of fused-ring (bicyclic) bond motifs is 1. The Morgan fingerprint density at radius 1 is 1.11 bits per heavy atom. The van der Waals surface area contributed by atoms with Gasteiger partial charge in [-0.25, -0.2) is 12.8 Å². The van der Waals surface area contributed by atoms with Gasteiger partial charge in [0.05, 0.1) is 22.2 Å². The van der Waals surface area contributed by atoms with Crippen LogP contribution in [0.25, 0.3) is 10.9 Å². The Morgan fingerprint density at radius 3 is 2.43 bits per heavy atom. The third-order valence-electron chi connectivity index (χ3n) is 5.81. The average Bonchev–Trinajstić information content (AvgIpc) is 3.05. The minimum atomic E-state index is -4.05. The van der Waals surface area contributed by atoms with Crippen molar-refractivity contribution in [3.05, 3.63) is 87.2 Å². The van der Waals surface area contributed by atoms with Crippen molar-refractivity contribution in [1.29, 1.82) is 0 Å². The number of aromatic amines is 1. The van der Waals surface area contributed by atoms with Crippen molar-refractivity contribution in [1.82, 2.24) is 20.1 Å². The van der Waals surface area contributed by atoms with Crippen LogP contribution in [0, 0.1) is 19.7 Å². The van der Waals surface area contributed by atoms with Gasteiger partial charge in [0.15, 0.2) is 0 Å². The van der Waals surface area contributed by atoms with Gasteiger partial charge in [-0.1, -0.05) is 0 Å². The summed E-state index contributed by atoms with van der Waals surface area (Å²) in [6.07, 6.45) is 0. The van der Waals surface area contributed by atoms with Gasteiger partial charge in [-0.2, -0.15) is 5.10 Å². The molecule has 2 aromatic heterocycles. The van der Waals surface area contributed by atoms with E-state index in [4.69, 9.17) is 0 Å². The zero-order chi connectivity index (χ0) is 25.5. The molecule has 9 nitrogen and oxygen atoms in total. The number of aromatic nitrogens is 3. The molecule has 0 saturated heterocycles. The largest absolute Gasteiger partial charge is 0.345 e. The molecule has 0 saturated carbocycles. The van der Waals surface area contributed by atoms with Gasteiger partial charge in [0.2, 0.25) is 5.56 Å². The number of H-pyrrole nitrogens is 1. The molecule has 35 heavy (non-hydrogen) atoms. The number of anilines is 1. The standard InChI is InChI=1S/C24H24FN5O4S/c1-13(23-14(2)28-30(4)15(23)3)26-24(32)20-12-22(31)27-21-10-9-18(11-19(20)21)35(33,34)29-17-7-5-16(25)6-8-17/h5-13,29H,1-4H3,(H,26,32)(H,27,31). The van der Waals surface area contributed by atoms with E-state index in [0.29, 0.717) is 5.52 Å². The third-order valence-corrected chi connectivity index (χ3v) is 7.19. The number of nitrogens with zero attached hydrogens (tertiary/aromatic N) is 2. The molecule has 2 aromatic carbocycles. The van der Waals surface area contributed by atoms with E-state index in [-0.39, 0.29) is 21.5 Å². The van der Waals surface area contributed by atoms with Crippen LogP contribution in [0.2, 0.25) is 0 Å². The molecule has 0 spiro atoms. The van der Waals surface area contributed by atoms with Crippen LogP contribution in [-0.4, -0.2) is 29.1 Å². The summed E-state index contributed by atoms with van der Waals surface area (Å²) in [6, 6.07) is 9.66. The summed E-state index contributed by atoms with van der Waals surface area (Å²) in [5.74, 6) is -1.03. The highest BCUT2D eigenvalue weighted by Crippen LogP contribution is 2.25. The number of halogens is 1. The van der Waals surface area contributed by atoms with Gasteiger partial charge in [0.25, 0.3) is 15.9 Å². The molecule has 0 radical (unpaired) electrons. The van der Waals surface area contributed by atoms with Crippen LogP contribution in [0.5, 0.6) is 0 Å². The highest BCUT2D eigenvalue weighted by atomic mass is 32.2. The van der Waals surface area contributed by atoms with Crippen LogP contribution < -0.4 is 15.6 Å². The lowest BCUT2D eigenvalue weighted by Crippen LogP contribution is -2.28. The third kappa shape index (κ3) is 4.80. The highest BCUT2D eigenvalue weighted by molar-refractivity contribution is 7.92. The lowest BCUT2D eigenvalue weighted by Gasteiger charge is -2.16. The molecular formula is C24H24FN5O4S. The molecule has 4 aromatic rings. The molecule has 2 heterocycles. The average molecular weight is 498 g/mol. The summed E-state index contributed by atoms with van der Waals surface area (Å²) in [6.45, 7) is 5.55. The first-order valence-electron chi connectivity index (χ1n) is 10.7. The number of aryl methyl sites for hydroxylation is 2. The van der Waals surface area contributed by atoms with E-state index in [0.717, 1.165) is 35.2 Å². The summed E-state index contributed by atoms with van der Waals surface area (Å²) >= 11 is 0. The Kier molecular flexibility index (Phi) is 6.20. The monoisotopic (exact) mass is 497 g/mol. The molecule has 0 aliphatic rings. The maximum absolute atomic E-state index is 13.2. The summed E-state index contributed by atoms with van der Waals surface area (Å²) in [5.41, 5.74) is 2.56.